The fourth-order valence-corrected chi connectivity index (χ4v) is 1.33. The van der Waals surface area contributed by atoms with Crippen LogP contribution in [0.25, 0.3) is 0 Å². The summed E-state index contributed by atoms with van der Waals surface area (Å²) in [6.07, 6.45) is -2.01. The first-order valence-electron chi connectivity index (χ1n) is 3.58. The van der Waals surface area contributed by atoms with Gasteiger partial charge in [-0.05, 0) is 0 Å². The van der Waals surface area contributed by atoms with Crippen LogP contribution in [0.3, 0.4) is 0 Å². The van der Waals surface area contributed by atoms with Crippen LogP contribution < -0.4 is 0 Å². The van der Waals surface area contributed by atoms with Gasteiger partial charge in [0.25, 0.3) is 6.43 Å². The van der Waals surface area contributed by atoms with Crippen LogP contribution in [0.4, 0.5) is 13.2 Å². The molecule has 1 aromatic heterocycles. The standard InChI is InChI=1S/C8H5BrF3NO/c9-1-6-7(10)5(3-14)4(2-13-6)8(11)12/h2-3,8H,1H2. The highest BCUT2D eigenvalue weighted by Crippen LogP contribution is 2.24. The summed E-state index contributed by atoms with van der Waals surface area (Å²) in [5, 5.41) is 0.0726. The lowest BCUT2D eigenvalue weighted by Crippen LogP contribution is -2.03. The summed E-state index contributed by atoms with van der Waals surface area (Å²) in [7, 11) is 0. The van der Waals surface area contributed by atoms with Gasteiger partial charge in [0.15, 0.2) is 12.1 Å². The van der Waals surface area contributed by atoms with Crippen molar-refractivity contribution < 1.29 is 18.0 Å². The summed E-state index contributed by atoms with van der Waals surface area (Å²) in [6, 6.07) is 0. The summed E-state index contributed by atoms with van der Waals surface area (Å²) < 4.78 is 37.7. The third-order valence-electron chi connectivity index (χ3n) is 1.64. The molecule has 0 spiro atoms. The van der Waals surface area contributed by atoms with Crippen LogP contribution in [-0.4, -0.2) is 11.3 Å². The molecule has 0 atom stereocenters. The first kappa shape index (κ1) is 11.2. The van der Waals surface area contributed by atoms with Gasteiger partial charge in [-0.25, -0.2) is 13.2 Å². The molecule has 0 N–H and O–H groups in total. The van der Waals surface area contributed by atoms with Crippen molar-refractivity contribution in [1.82, 2.24) is 4.98 Å². The van der Waals surface area contributed by atoms with Crippen molar-refractivity contribution >= 4 is 22.2 Å². The molecule has 0 aliphatic rings. The third-order valence-corrected chi connectivity index (χ3v) is 2.17. The van der Waals surface area contributed by atoms with Crippen molar-refractivity contribution in [2.75, 3.05) is 0 Å². The van der Waals surface area contributed by atoms with E-state index in [9.17, 15) is 18.0 Å². The maximum absolute atomic E-state index is 13.2. The molecule has 76 valence electrons. The predicted octanol–water partition coefficient (Wildman–Crippen LogP) is 2.87. The van der Waals surface area contributed by atoms with Gasteiger partial charge in [0.2, 0.25) is 0 Å². The monoisotopic (exact) mass is 267 g/mol. The van der Waals surface area contributed by atoms with E-state index < -0.39 is 23.4 Å². The second-order valence-electron chi connectivity index (χ2n) is 2.44. The Labute approximate surface area is 86.3 Å². The van der Waals surface area contributed by atoms with E-state index in [4.69, 9.17) is 0 Å². The highest BCUT2D eigenvalue weighted by atomic mass is 79.9. The summed E-state index contributed by atoms with van der Waals surface area (Å²) in [6.45, 7) is 0. The Morgan fingerprint density at radius 2 is 2.21 bits per heavy atom. The lowest BCUT2D eigenvalue weighted by molar-refractivity contribution is 0.110. The van der Waals surface area contributed by atoms with E-state index in [1.807, 2.05) is 0 Å². The van der Waals surface area contributed by atoms with Crippen molar-refractivity contribution in [2.45, 2.75) is 11.8 Å². The van der Waals surface area contributed by atoms with Gasteiger partial charge in [0.05, 0.1) is 11.3 Å². The third kappa shape index (κ3) is 1.95. The molecule has 1 heterocycles. The number of alkyl halides is 3. The van der Waals surface area contributed by atoms with E-state index in [2.05, 4.69) is 20.9 Å². The number of halogens is 4. The maximum Gasteiger partial charge on any atom is 0.266 e. The first-order valence-corrected chi connectivity index (χ1v) is 4.70. The van der Waals surface area contributed by atoms with Crippen molar-refractivity contribution in [1.29, 1.82) is 0 Å². The number of rotatable bonds is 3. The molecular weight excluding hydrogens is 263 g/mol. The molecule has 0 unspecified atom stereocenters. The van der Waals surface area contributed by atoms with Gasteiger partial charge in [0.1, 0.15) is 0 Å². The lowest BCUT2D eigenvalue weighted by Gasteiger charge is -2.06. The Hall–Kier alpha value is -0.910. The number of carbonyl (C=O) groups excluding carboxylic acids is 1. The lowest BCUT2D eigenvalue weighted by atomic mass is 10.1. The molecule has 1 aromatic rings. The molecular formula is C8H5BrF3NO. The first-order chi connectivity index (χ1) is 6.61. The fourth-order valence-electron chi connectivity index (χ4n) is 0.943. The molecule has 0 aliphatic heterocycles. The van der Waals surface area contributed by atoms with E-state index >= 15 is 0 Å². The van der Waals surface area contributed by atoms with Crippen molar-refractivity contribution in [3.05, 3.63) is 28.8 Å². The largest absolute Gasteiger partial charge is 0.298 e. The van der Waals surface area contributed by atoms with Gasteiger partial charge in [-0.1, -0.05) is 15.9 Å². The highest BCUT2D eigenvalue weighted by Gasteiger charge is 2.19. The summed E-state index contributed by atoms with van der Waals surface area (Å²) >= 11 is 2.93. The molecule has 0 aromatic carbocycles. The Bertz CT molecular complexity index is 357. The normalized spacial score (nSPS) is 10.6. The molecule has 6 heteroatoms. The van der Waals surface area contributed by atoms with E-state index in [-0.39, 0.29) is 17.3 Å². The number of aromatic nitrogens is 1. The van der Waals surface area contributed by atoms with E-state index in [1.165, 1.54) is 0 Å². The molecule has 2 nitrogen and oxygen atoms in total. The molecule has 0 amide bonds. The smallest absolute Gasteiger partial charge is 0.266 e. The fraction of sp³-hybridized carbons (Fsp3) is 0.250. The van der Waals surface area contributed by atoms with Crippen LogP contribution >= 0.6 is 15.9 Å². The van der Waals surface area contributed by atoms with E-state index in [1.54, 1.807) is 0 Å². The Kier molecular flexibility index (Phi) is 3.62. The molecule has 14 heavy (non-hydrogen) atoms. The molecule has 0 saturated carbocycles. The average molecular weight is 268 g/mol. The van der Waals surface area contributed by atoms with Crippen LogP contribution in [-0.2, 0) is 5.33 Å². The van der Waals surface area contributed by atoms with Gasteiger partial charge >= 0.3 is 0 Å². The van der Waals surface area contributed by atoms with Gasteiger partial charge in [-0.15, -0.1) is 0 Å². The molecule has 0 bridgehead atoms. The van der Waals surface area contributed by atoms with E-state index in [0.29, 0.717) is 0 Å². The van der Waals surface area contributed by atoms with Crippen LogP contribution in [0, 0.1) is 5.82 Å². The van der Waals surface area contributed by atoms with Gasteiger partial charge in [-0.3, -0.25) is 9.78 Å². The zero-order valence-electron chi connectivity index (χ0n) is 6.81. The second kappa shape index (κ2) is 4.54. The van der Waals surface area contributed by atoms with Crippen LogP contribution in [0.15, 0.2) is 6.20 Å². The molecule has 0 fully saturated rings. The van der Waals surface area contributed by atoms with Gasteiger partial charge in [0, 0.05) is 17.1 Å². The summed E-state index contributed by atoms with van der Waals surface area (Å²) in [5.74, 6) is -0.991. The topological polar surface area (TPSA) is 30.0 Å². The van der Waals surface area contributed by atoms with Crippen molar-refractivity contribution in [3.63, 3.8) is 0 Å². The molecule has 0 aliphatic carbocycles. The number of aldehydes is 1. The minimum atomic E-state index is -2.90. The minimum absolute atomic E-state index is 0.0588. The molecule has 0 saturated heterocycles. The number of carbonyl (C=O) groups is 1. The zero-order chi connectivity index (χ0) is 10.7. The Morgan fingerprint density at radius 1 is 1.57 bits per heavy atom. The Balaban J connectivity index is 3.35. The SMILES string of the molecule is O=Cc1c(C(F)F)cnc(CBr)c1F. The zero-order valence-corrected chi connectivity index (χ0v) is 8.39. The number of hydrogen-bond acceptors (Lipinski definition) is 2. The summed E-state index contributed by atoms with van der Waals surface area (Å²) in [5.41, 5.74) is -1.36. The van der Waals surface area contributed by atoms with Crippen molar-refractivity contribution in [2.24, 2.45) is 0 Å². The average Bonchev–Trinajstić information content (AvgIpc) is 2.17. The minimum Gasteiger partial charge on any atom is -0.298 e. The maximum atomic E-state index is 13.2. The molecule has 1 rings (SSSR count). The van der Waals surface area contributed by atoms with Crippen LogP contribution in [0.1, 0.15) is 28.0 Å². The molecule has 0 radical (unpaired) electrons. The second-order valence-corrected chi connectivity index (χ2v) is 3.00. The Morgan fingerprint density at radius 3 is 2.64 bits per heavy atom. The predicted molar refractivity (Wildman–Crippen MR) is 47.2 cm³/mol. The number of nitrogens with zero attached hydrogens (tertiary/aromatic N) is 1. The highest BCUT2D eigenvalue weighted by molar-refractivity contribution is 9.08. The van der Waals surface area contributed by atoms with Crippen molar-refractivity contribution in [3.8, 4) is 0 Å². The number of hydrogen-bond donors (Lipinski definition) is 0. The van der Waals surface area contributed by atoms with E-state index in [0.717, 1.165) is 6.20 Å². The summed E-state index contributed by atoms with van der Waals surface area (Å²) in [4.78, 5) is 13.9. The van der Waals surface area contributed by atoms with Gasteiger partial charge in [-0.2, -0.15) is 0 Å². The van der Waals surface area contributed by atoms with Crippen LogP contribution in [0.2, 0.25) is 0 Å². The number of pyridine rings is 1. The van der Waals surface area contributed by atoms with Crippen LogP contribution in [0.5, 0.6) is 0 Å². The quantitative estimate of drug-likeness (QED) is 0.623. The van der Waals surface area contributed by atoms with Gasteiger partial charge < -0.3 is 0 Å².